The minimum atomic E-state index is 0.755. The van der Waals surface area contributed by atoms with Gasteiger partial charge in [-0.1, -0.05) is 34.5 Å². The van der Waals surface area contributed by atoms with Crippen LogP contribution >= 0.6 is 27.5 Å². The predicted molar refractivity (Wildman–Crippen MR) is 80.1 cm³/mol. The van der Waals surface area contributed by atoms with Gasteiger partial charge in [-0.2, -0.15) is 5.10 Å². The fraction of sp³-hybridized carbons (Fsp3) is 0.357. The lowest BCUT2D eigenvalue weighted by Gasteiger charge is -2.10. The van der Waals surface area contributed by atoms with Gasteiger partial charge in [0.2, 0.25) is 0 Å². The van der Waals surface area contributed by atoms with Crippen molar-refractivity contribution in [1.82, 2.24) is 9.78 Å². The van der Waals surface area contributed by atoms with Crippen LogP contribution in [0.2, 0.25) is 5.02 Å². The average Bonchev–Trinajstić information content (AvgIpc) is 2.64. The Labute approximate surface area is 121 Å². The molecule has 0 spiro atoms. The average molecular weight is 328 g/mol. The molecule has 2 nitrogen and oxygen atoms in total. The molecule has 0 saturated carbocycles. The monoisotopic (exact) mass is 326 g/mol. The molecule has 0 unspecified atom stereocenters. The Morgan fingerprint density at radius 3 is 2.61 bits per heavy atom. The van der Waals surface area contributed by atoms with E-state index in [1.54, 1.807) is 0 Å². The molecule has 1 aromatic heterocycles. The lowest BCUT2D eigenvalue weighted by atomic mass is 10.1. The van der Waals surface area contributed by atoms with E-state index in [0.717, 1.165) is 33.7 Å². The molecule has 0 atom stereocenters. The number of hydrogen-bond donors (Lipinski definition) is 0. The summed E-state index contributed by atoms with van der Waals surface area (Å²) in [5.41, 5.74) is 5.88. The molecule has 0 bridgehead atoms. The summed E-state index contributed by atoms with van der Waals surface area (Å²) in [6.07, 6.45) is 1.01. The number of aryl methyl sites for hydroxylation is 1. The van der Waals surface area contributed by atoms with Crippen LogP contribution in [0.5, 0.6) is 0 Å². The molecule has 2 aromatic rings. The molecule has 1 aromatic carbocycles. The van der Waals surface area contributed by atoms with Crippen LogP contribution in [0.3, 0.4) is 0 Å². The molecular formula is C14H16BrClN2. The van der Waals surface area contributed by atoms with Crippen LogP contribution in [0.25, 0.3) is 5.69 Å². The topological polar surface area (TPSA) is 17.8 Å². The van der Waals surface area contributed by atoms with Gasteiger partial charge in [0.15, 0.2) is 0 Å². The highest BCUT2D eigenvalue weighted by Crippen LogP contribution is 2.25. The molecule has 0 N–H and O–H groups in total. The van der Waals surface area contributed by atoms with E-state index in [4.69, 9.17) is 11.6 Å². The SMILES string of the molecule is CCc1c(C)nn(-c2ccc(Cl)cc2CBr)c1C. The number of halogens is 2. The number of hydrogen-bond acceptors (Lipinski definition) is 1. The fourth-order valence-corrected chi connectivity index (χ4v) is 2.93. The highest BCUT2D eigenvalue weighted by Gasteiger charge is 2.13. The third-order valence-electron chi connectivity index (χ3n) is 3.21. The zero-order valence-electron chi connectivity index (χ0n) is 10.8. The molecule has 0 aliphatic heterocycles. The molecule has 2 rings (SSSR count). The third-order valence-corrected chi connectivity index (χ3v) is 4.05. The summed E-state index contributed by atoms with van der Waals surface area (Å²) in [6.45, 7) is 6.34. The first kappa shape index (κ1) is 13.6. The van der Waals surface area contributed by atoms with Gasteiger partial charge in [0.25, 0.3) is 0 Å². The highest BCUT2D eigenvalue weighted by atomic mass is 79.9. The first-order chi connectivity index (χ1) is 8.58. The Bertz CT molecular complexity index is 575. The summed E-state index contributed by atoms with van der Waals surface area (Å²) in [5.74, 6) is 0. The molecule has 18 heavy (non-hydrogen) atoms. The van der Waals surface area contributed by atoms with E-state index < -0.39 is 0 Å². The normalized spacial score (nSPS) is 10.9. The van der Waals surface area contributed by atoms with E-state index in [0.29, 0.717) is 0 Å². The Morgan fingerprint density at radius 2 is 2.06 bits per heavy atom. The Hall–Kier alpha value is -0.800. The zero-order chi connectivity index (χ0) is 13.3. The fourth-order valence-electron chi connectivity index (χ4n) is 2.29. The van der Waals surface area contributed by atoms with Crippen molar-refractivity contribution >= 4 is 27.5 Å². The predicted octanol–water partition coefficient (Wildman–Crippen LogP) is 4.60. The van der Waals surface area contributed by atoms with Gasteiger partial charge in [-0.25, -0.2) is 4.68 Å². The molecule has 96 valence electrons. The van der Waals surface area contributed by atoms with Crippen molar-refractivity contribution in [1.29, 1.82) is 0 Å². The maximum absolute atomic E-state index is 6.04. The van der Waals surface area contributed by atoms with Crippen molar-refractivity contribution < 1.29 is 0 Å². The largest absolute Gasteiger partial charge is 0.237 e. The molecule has 0 aliphatic carbocycles. The first-order valence-corrected chi connectivity index (χ1v) is 7.48. The summed E-state index contributed by atoms with van der Waals surface area (Å²) in [7, 11) is 0. The standard InChI is InChI=1S/C14H16BrClN2/c1-4-13-9(2)17-18(10(13)3)14-6-5-12(16)7-11(14)8-15/h5-7H,4,8H2,1-3H3. The zero-order valence-corrected chi connectivity index (χ0v) is 13.1. The lowest BCUT2D eigenvalue weighted by Crippen LogP contribution is -2.03. The number of aromatic nitrogens is 2. The van der Waals surface area contributed by atoms with Gasteiger partial charge in [-0.3, -0.25) is 0 Å². The molecule has 0 saturated heterocycles. The number of alkyl halides is 1. The summed E-state index contributed by atoms with van der Waals surface area (Å²) >= 11 is 9.54. The Kier molecular flexibility index (Phi) is 4.13. The quantitative estimate of drug-likeness (QED) is 0.753. The van der Waals surface area contributed by atoms with Crippen LogP contribution in [0.4, 0.5) is 0 Å². The van der Waals surface area contributed by atoms with Crippen molar-refractivity contribution in [3.8, 4) is 5.69 Å². The van der Waals surface area contributed by atoms with Gasteiger partial charge in [-0.05, 0) is 49.6 Å². The van der Waals surface area contributed by atoms with E-state index in [1.165, 1.54) is 11.3 Å². The molecule has 0 fully saturated rings. The van der Waals surface area contributed by atoms with Crippen molar-refractivity contribution in [2.24, 2.45) is 0 Å². The van der Waals surface area contributed by atoms with Crippen LogP contribution in [0.1, 0.15) is 29.4 Å². The molecule has 4 heteroatoms. The van der Waals surface area contributed by atoms with Gasteiger partial charge in [0, 0.05) is 16.0 Å². The van der Waals surface area contributed by atoms with Crippen molar-refractivity contribution in [3.63, 3.8) is 0 Å². The van der Waals surface area contributed by atoms with E-state index in [2.05, 4.69) is 41.8 Å². The van der Waals surface area contributed by atoms with Gasteiger partial charge < -0.3 is 0 Å². The molecule has 0 amide bonds. The van der Waals surface area contributed by atoms with E-state index >= 15 is 0 Å². The van der Waals surface area contributed by atoms with Crippen molar-refractivity contribution in [2.45, 2.75) is 32.5 Å². The summed E-state index contributed by atoms with van der Waals surface area (Å²) in [6, 6.07) is 5.91. The van der Waals surface area contributed by atoms with Crippen molar-refractivity contribution in [3.05, 3.63) is 45.7 Å². The smallest absolute Gasteiger partial charge is 0.0690 e. The van der Waals surface area contributed by atoms with Crippen LogP contribution in [0.15, 0.2) is 18.2 Å². The number of nitrogens with zero attached hydrogens (tertiary/aromatic N) is 2. The number of benzene rings is 1. The van der Waals surface area contributed by atoms with Crippen LogP contribution < -0.4 is 0 Å². The minimum Gasteiger partial charge on any atom is -0.237 e. The lowest BCUT2D eigenvalue weighted by molar-refractivity contribution is 0.826. The second-order valence-corrected chi connectivity index (χ2v) is 5.32. The molecule has 0 radical (unpaired) electrons. The number of rotatable bonds is 3. The molecule has 1 heterocycles. The maximum Gasteiger partial charge on any atom is 0.0690 e. The van der Waals surface area contributed by atoms with E-state index in [-0.39, 0.29) is 0 Å². The maximum atomic E-state index is 6.04. The van der Waals surface area contributed by atoms with Gasteiger partial charge >= 0.3 is 0 Å². The summed E-state index contributed by atoms with van der Waals surface area (Å²) in [5, 5.41) is 6.16. The van der Waals surface area contributed by atoms with Gasteiger partial charge in [0.1, 0.15) is 0 Å². The van der Waals surface area contributed by atoms with E-state index in [1.807, 2.05) is 22.9 Å². The minimum absolute atomic E-state index is 0.755. The van der Waals surface area contributed by atoms with Gasteiger partial charge in [0.05, 0.1) is 11.4 Å². The highest BCUT2D eigenvalue weighted by molar-refractivity contribution is 9.08. The third kappa shape index (κ3) is 2.34. The summed E-state index contributed by atoms with van der Waals surface area (Å²) in [4.78, 5) is 0. The Morgan fingerprint density at radius 1 is 1.33 bits per heavy atom. The van der Waals surface area contributed by atoms with Crippen molar-refractivity contribution in [2.75, 3.05) is 0 Å². The van der Waals surface area contributed by atoms with Crippen LogP contribution in [-0.4, -0.2) is 9.78 Å². The summed E-state index contributed by atoms with van der Waals surface area (Å²) < 4.78 is 2.01. The first-order valence-electron chi connectivity index (χ1n) is 5.98. The van der Waals surface area contributed by atoms with Crippen LogP contribution in [0, 0.1) is 13.8 Å². The van der Waals surface area contributed by atoms with E-state index in [9.17, 15) is 0 Å². The Balaban J connectivity index is 2.62. The van der Waals surface area contributed by atoms with Crippen LogP contribution in [-0.2, 0) is 11.8 Å². The second kappa shape index (κ2) is 5.45. The second-order valence-electron chi connectivity index (χ2n) is 4.32. The molecule has 0 aliphatic rings. The van der Waals surface area contributed by atoms with Gasteiger partial charge in [-0.15, -0.1) is 0 Å². The molecular weight excluding hydrogens is 312 g/mol.